The van der Waals surface area contributed by atoms with Crippen molar-refractivity contribution in [3.8, 4) is 0 Å². The van der Waals surface area contributed by atoms with Gasteiger partial charge in [-0.1, -0.05) is 6.08 Å². The van der Waals surface area contributed by atoms with E-state index >= 15 is 0 Å². The highest BCUT2D eigenvalue weighted by Gasteiger charge is 2.10. The number of carbonyl (C=O) groups is 1. The molecule has 7 heteroatoms. The fourth-order valence-corrected chi connectivity index (χ4v) is 0.848. The highest BCUT2D eigenvalue weighted by molar-refractivity contribution is 5.77. The molecule has 0 rings (SSSR count). The molecule has 6 N–H and O–H groups in total. The van der Waals surface area contributed by atoms with Gasteiger partial charge in [-0.25, -0.2) is 5.06 Å². The van der Waals surface area contributed by atoms with Gasteiger partial charge in [0.05, 0.1) is 9.24 Å². The van der Waals surface area contributed by atoms with E-state index in [1.54, 1.807) is 0 Å². The standard InChI is InChI=1S/C9H18N4O3/c1-2-6-13(16)9(11)12-5-3-4-7(10)8(14)15/h2,7,16H,1,3-6,10H2,(H2,11,12)(H,14,15)/t7-/m0/s1/i6D2. The van der Waals surface area contributed by atoms with Crippen LogP contribution in [0.5, 0.6) is 0 Å². The number of nitrogens with two attached hydrogens (primary N) is 2. The number of nitrogens with zero attached hydrogens (tertiary/aromatic N) is 2. The summed E-state index contributed by atoms with van der Waals surface area (Å²) >= 11 is 0. The van der Waals surface area contributed by atoms with Gasteiger partial charge in [-0.3, -0.25) is 15.0 Å². The molecule has 0 saturated carbocycles. The lowest BCUT2D eigenvalue weighted by Gasteiger charge is -2.12. The molecule has 16 heavy (non-hydrogen) atoms. The Morgan fingerprint density at radius 2 is 2.38 bits per heavy atom. The summed E-state index contributed by atoms with van der Waals surface area (Å²) in [7, 11) is 0. The Morgan fingerprint density at radius 3 is 2.88 bits per heavy atom. The van der Waals surface area contributed by atoms with Gasteiger partial charge in [-0.2, -0.15) is 0 Å². The van der Waals surface area contributed by atoms with Gasteiger partial charge in [0.2, 0.25) is 5.96 Å². The third kappa shape index (κ3) is 5.99. The van der Waals surface area contributed by atoms with E-state index in [2.05, 4.69) is 11.6 Å². The molecule has 0 aliphatic heterocycles. The molecule has 7 nitrogen and oxygen atoms in total. The zero-order valence-corrected chi connectivity index (χ0v) is 8.83. The molecule has 0 heterocycles. The molecule has 0 radical (unpaired) electrons. The zero-order chi connectivity index (χ0) is 14.3. The molecule has 1 atom stereocenters. The number of carboxylic acids is 1. The van der Waals surface area contributed by atoms with Crippen molar-refractivity contribution < 1.29 is 17.8 Å². The van der Waals surface area contributed by atoms with Gasteiger partial charge in [-0.05, 0) is 12.8 Å². The molecule has 0 unspecified atom stereocenters. The monoisotopic (exact) mass is 232 g/mol. The van der Waals surface area contributed by atoms with Gasteiger partial charge in [0.25, 0.3) is 0 Å². The average molecular weight is 232 g/mol. The van der Waals surface area contributed by atoms with Gasteiger partial charge >= 0.3 is 5.97 Å². The van der Waals surface area contributed by atoms with E-state index in [1.807, 2.05) is 0 Å². The van der Waals surface area contributed by atoms with E-state index in [0.717, 1.165) is 6.08 Å². The molecule has 0 bridgehead atoms. The van der Waals surface area contributed by atoms with Crippen LogP contribution in [0.15, 0.2) is 17.6 Å². The minimum atomic E-state index is -2.22. The number of carboxylic acid groups (broad SMARTS) is 1. The van der Waals surface area contributed by atoms with Gasteiger partial charge in [0.1, 0.15) is 6.04 Å². The quantitative estimate of drug-likeness (QED) is 0.152. The van der Waals surface area contributed by atoms with Gasteiger partial charge < -0.3 is 16.6 Å². The Hall–Kier alpha value is -1.60. The summed E-state index contributed by atoms with van der Waals surface area (Å²) in [4.78, 5) is 14.1. The van der Waals surface area contributed by atoms with E-state index < -0.39 is 24.5 Å². The second-order valence-electron chi connectivity index (χ2n) is 2.97. The van der Waals surface area contributed by atoms with Gasteiger partial charge in [-0.15, -0.1) is 6.58 Å². The molecular weight excluding hydrogens is 212 g/mol. The summed E-state index contributed by atoms with van der Waals surface area (Å²) in [5.41, 5.74) is 10.6. The molecule has 0 aromatic rings. The van der Waals surface area contributed by atoms with Crippen LogP contribution in [-0.4, -0.2) is 46.4 Å². The number of guanidine groups is 1. The highest BCUT2D eigenvalue weighted by Crippen LogP contribution is 1.95. The van der Waals surface area contributed by atoms with Crippen LogP contribution in [0, 0.1) is 0 Å². The second-order valence-corrected chi connectivity index (χ2v) is 2.97. The van der Waals surface area contributed by atoms with Crippen LogP contribution in [0.4, 0.5) is 0 Å². The Kier molecular flexibility index (Phi) is 5.22. The lowest BCUT2D eigenvalue weighted by Crippen LogP contribution is -2.35. The minimum absolute atomic E-state index is 0.136. The zero-order valence-electron chi connectivity index (χ0n) is 10.8. The normalized spacial score (nSPS) is 16.0. The molecule has 0 fully saturated rings. The third-order valence-corrected chi connectivity index (χ3v) is 1.69. The third-order valence-electron chi connectivity index (χ3n) is 1.69. The van der Waals surface area contributed by atoms with Crippen molar-refractivity contribution in [1.29, 1.82) is 0 Å². The maximum Gasteiger partial charge on any atom is 0.320 e. The molecule has 0 aliphatic carbocycles. The predicted octanol–water partition coefficient (Wildman–Crippen LogP) is -0.630. The largest absolute Gasteiger partial charge is 0.480 e. The molecule has 0 spiro atoms. The van der Waals surface area contributed by atoms with Crippen molar-refractivity contribution in [1.82, 2.24) is 5.06 Å². The van der Waals surface area contributed by atoms with E-state index in [9.17, 15) is 10.0 Å². The number of rotatable bonds is 7. The first-order valence-corrected chi connectivity index (χ1v) is 4.63. The fourth-order valence-electron chi connectivity index (χ4n) is 0.848. The summed E-state index contributed by atoms with van der Waals surface area (Å²) < 4.78 is 14.6. The Morgan fingerprint density at radius 1 is 1.75 bits per heavy atom. The molecule has 0 aromatic heterocycles. The van der Waals surface area contributed by atoms with Crippen molar-refractivity contribution in [2.75, 3.05) is 13.0 Å². The maximum absolute atomic E-state index is 10.4. The van der Waals surface area contributed by atoms with E-state index in [0.29, 0.717) is 6.42 Å². The van der Waals surface area contributed by atoms with E-state index in [-0.39, 0.29) is 18.0 Å². The van der Waals surface area contributed by atoms with Crippen LogP contribution in [0.25, 0.3) is 0 Å². The molecule has 0 saturated heterocycles. The summed E-state index contributed by atoms with van der Waals surface area (Å²) in [6.07, 6.45) is 1.45. The summed E-state index contributed by atoms with van der Waals surface area (Å²) in [5.74, 6) is -1.51. The summed E-state index contributed by atoms with van der Waals surface area (Å²) in [6, 6.07) is -0.966. The number of hydroxylamine groups is 2. The van der Waals surface area contributed by atoms with E-state index in [4.69, 9.17) is 19.3 Å². The summed E-state index contributed by atoms with van der Waals surface area (Å²) in [6.45, 7) is 1.12. The molecule has 0 aliphatic rings. The summed E-state index contributed by atoms with van der Waals surface area (Å²) in [5, 5.41) is 18.0. The topological polar surface area (TPSA) is 125 Å². The Bertz CT molecular complexity index is 336. The maximum atomic E-state index is 10.4. The lowest BCUT2D eigenvalue weighted by atomic mass is 10.2. The SMILES string of the molecule is [2H]C([2H])(C=C)N(O)C(N)=NCCC[C@H](N)C(=O)O. The number of aliphatic carboxylic acids is 1. The van der Waals surface area contributed by atoms with Crippen LogP contribution < -0.4 is 11.5 Å². The van der Waals surface area contributed by atoms with Crippen LogP contribution in [0.1, 0.15) is 15.6 Å². The van der Waals surface area contributed by atoms with Crippen LogP contribution in [-0.2, 0) is 4.79 Å². The van der Waals surface area contributed by atoms with Crippen molar-refractivity contribution in [2.24, 2.45) is 16.5 Å². The first-order chi connectivity index (χ1) is 8.22. The lowest BCUT2D eigenvalue weighted by molar-refractivity contribution is -0.138. The molecule has 0 aromatic carbocycles. The molecule has 92 valence electrons. The van der Waals surface area contributed by atoms with Crippen molar-refractivity contribution in [3.63, 3.8) is 0 Å². The predicted molar refractivity (Wildman–Crippen MR) is 60.0 cm³/mol. The fraction of sp³-hybridized carbons (Fsp3) is 0.556. The first kappa shape index (κ1) is 10.9. The van der Waals surface area contributed by atoms with Gasteiger partial charge in [0.15, 0.2) is 0 Å². The molecular formula is C9H18N4O3. The average Bonchev–Trinajstić information content (AvgIpc) is 2.32. The first-order valence-electron chi connectivity index (χ1n) is 5.63. The number of hydrogen-bond donors (Lipinski definition) is 4. The van der Waals surface area contributed by atoms with Gasteiger partial charge in [0, 0.05) is 6.54 Å². The van der Waals surface area contributed by atoms with Crippen LogP contribution in [0.2, 0.25) is 0 Å². The Balaban J connectivity index is 4.20. The van der Waals surface area contributed by atoms with Crippen molar-refractivity contribution >= 4 is 11.9 Å². The highest BCUT2D eigenvalue weighted by atomic mass is 16.5. The van der Waals surface area contributed by atoms with Crippen molar-refractivity contribution in [2.45, 2.75) is 18.9 Å². The minimum Gasteiger partial charge on any atom is -0.480 e. The van der Waals surface area contributed by atoms with Crippen molar-refractivity contribution in [3.05, 3.63) is 12.7 Å². The smallest absolute Gasteiger partial charge is 0.320 e. The second kappa shape index (κ2) is 7.66. The van der Waals surface area contributed by atoms with E-state index in [1.165, 1.54) is 0 Å². The van der Waals surface area contributed by atoms with Crippen LogP contribution in [0.3, 0.4) is 0 Å². The number of aliphatic imine (C=N–C) groups is 1. The Labute approximate surface area is 96.8 Å². The van der Waals surface area contributed by atoms with Crippen LogP contribution >= 0.6 is 0 Å². The number of hydrogen-bond acceptors (Lipinski definition) is 4. The molecule has 0 amide bonds.